The number of halogens is 1. The van der Waals surface area contributed by atoms with E-state index in [4.69, 9.17) is 11.6 Å². The van der Waals surface area contributed by atoms with E-state index in [1.54, 1.807) is 35.1 Å². The molecular formula is C13H14ClN3O. The molecule has 0 aliphatic heterocycles. The second-order valence-corrected chi connectivity index (χ2v) is 4.50. The zero-order chi connectivity index (χ0) is 13.1. The predicted molar refractivity (Wildman–Crippen MR) is 70.6 cm³/mol. The normalized spacial score (nSPS) is 10.4. The van der Waals surface area contributed by atoms with Gasteiger partial charge in [-0.1, -0.05) is 11.6 Å². The number of hydrogen-bond acceptors (Lipinski definition) is 2. The Bertz CT molecular complexity index is 560. The lowest BCUT2D eigenvalue weighted by Crippen LogP contribution is -2.22. The Balaban J connectivity index is 2.00. The van der Waals surface area contributed by atoms with E-state index < -0.39 is 0 Å². The van der Waals surface area contributed by atoms with E-state index in [0.717, 1.165) is 11.3 Å². The van der Waals surface area contributed by atoms with Crippen molar-refractivity contribution in [2.24, 2.45) is 7.05 Å². The summed E-state index contributed by atoms with van der Waals surface area (Å²) in [6, 6.07) is 6.80. The SMILES string of the molecule is Cc1c(CNC(=O)c2ccc(Cl)cc2)cnn1C. The average molecular weight is 264 g/mol. The molecule has 1 amide bonds. The van der Waals surface area contributed by atoms with Gasteiger partial charge in [0, 0.05) is 35.4 Å². The van der Waals surface area contributed by atoms with Gasteiger partial charge in [0.25, 0.3) is 5.91 Å². The second kappa shape index (κ2) is 5.23. The van der Waals surface area contributed by atoms with Crippen LogP contribution in [0.2, 0.25) is 5.02 Å². The number of amides is 1. The van der Waals surface area contributed by atoms with Crippen molar-refractivity contribution in [3.05, 3.63) is 52.3 Å². The van der Waals surface area contributed by atoms with Gasteiger partial charge in [0.1, 0.15) is 0 Å². The van der Waals surface area contributed by atoms with Crippen LogP contribution in [-0.2, 0) is 13.6 Å². The van der Waals surface area contributed by atoms with E-state index in [1.165, 1.54) is 0 Å². The number of nitrogens with zero attached hydrogens (tertiary/aromatic N) is 2. The van der Waals surface area contributed by atoms with Gasteiger partial charge in [0.15, 0.2) is 0 Å². The molecule has 0 atom stereocenters. The van der Waals surface area contributed by atoms with Gasteiger partial charge in [-0.25, -0.2) is 0 Å². The smallest absolute Gasteiger partial charge is 0.251 e. The number of aromatic nitrogens is 2. The van der Waals surface area contributed by atoms with Crippen LogP contribution in [0.1, 0.15) is 21.6 Å². The Hall–Kier alpha value is -1.81. The lowest BCUT2D eigenvalue weighted by Gasteiger charge is -2.05. The Morgan fingerprint density at radius 2 is 2.06 bits per heavy atom. The van der Waals surface area contributed by atoms with Crippen molar-refractivity contribution >= 4 is 17.5 Å². The minimum absolute atomic E-state index is 0.116. The molecule has 0 saturated carbocycles. The zero-order valence-electron chi connectivity index (χ0n) is 10.3. The minimum Gasteiger partial charge on any atom is -0.348 e. The van der Waals surface area contributed by atoms with E-state index in [-0.39, 0.29) is 5.91 Å². The number of benzene rings is 1. The Labute approximate surface area is 111 Å². The van der Waals surface area contributed by atoms with Crippen molar-refractivity contribution < 1.29 is 4.79 Å². The molecule has 1 N–H and O–H groups in total. The van der Waals surface area contributed by atoms with Gasteiger partial charge in [0.05, 0.1) is 6.20 Å². The van der Waals surface area contributed by atoms with Crippen LogP contribution in [0.5, 0.6) is 0 Å². The van der Waals surface area contributed by atoms with Gasteiger partial charge in [-0.15, -0.1) is 0 Å². The highest BCUT2D eigenvalue weighted by atomic mass is 35.5. The fraction of sp³-hybridized carbons (Fsp3) is 0.231. The van der Waals surface area contributed by atoms with Crippen LogP contribution in [0.4, 0.5) is 0 Å². The first-order valence-electron chi connectivity index (χ1n) is 5.59. The summed E-state index contributed by atoms with van der Waals surface area (Å²) in [5, 5.41) is 7.60. The molecule has 0 aliphatic carbocycles. The summed E-state index contributed by atoms with van der Waals surface area (Å²) in [6.45, 7) is 2.44. The molecule has 18 heavy (non-hydrogen) atoms. The van der Waals surface area contributed by atoms with Crippen LogP contribution in [0, 0.1) is 6.92 Å². The Kier molecular flexibility index (Phi) is 3.67. The van der Waals surface area contributed by atoms with Crippen molar-refractivity contribution in [2.45, 2.75) is 13.5 Å². The molecule has 1 aromatic heterocycles. The zero-order valence-corrected chi connectivity index (χ0v) is 11.0. The molecule has 0 bridgehead atoms. The van der Waals surface area contributed by atoms with Gasteiger partial charge in [-0.05, 0) is 31.2 Å². The molecule has 0 aliphatic rings. The van der Waals surface area contributed by atoms with Crippen LogP contribution >= 0.6 is 11.6 Å². The van der Waals surface area contributed by atoms with E-state index in [0.29, 0.717) is 17.1 Å². The van der Waals surface area contributed by atoms with Crippen LogP contribution in [-0.4, -0.2) is 15.7 Å². The highest BCUT2D eigenvalue weighted by Crippen LogP contribution is 2.10. The molecule has 0 spiro atoms. The maximum Gasteiger partial charge on any atom is 0.251 e. The first kappa shape index (κ1) is 12.6. The molecule has 94 valence electrons. The van der Waals surface area contributed by atoms with E-state index in [9.17, 15) is 4.79 Å². The number of rotatable bonds is 3. The van der Waals surface area contributed by atoms with E-state index in [2.05, 4.69) is 10.4 Å². The first-order chi connectivity index (χ1) is 8.58. The van der Waals surface area contributed by atoms with Crippen LogP contribution < -0.4 is 5.32 Å². The van der Waals surface area contributed by atoms with Crippen LogP contribution in [0.15, 0.2) is 30.5 Å². The van der Waals surface area contributed by atoms with Gasteiger partial charge >= 0.3 is 0 Å². The second-order valence-electron chi connectivity index (χ2n) is 4.07. The Morgan fingerprint density at radius 3 is 2.61 bits per heavy atom. The highest BCUT2D eigenvalue weighted by molar-refractivity contribution is 6.30. The largest absolute Gasteiger partial charge is 0.348 e. The van der Waals surface area contributed by atoms with E-state index in [1.807, 2.05) is 14.0 Å². The van der Waals surface area contributed by atoms with Crippen LogP contribution in [0.25, 0.3) is 0 Å². The molecule has 2 rings (SSSR count). The number of carbonyl (C=O) groups is 1. The number of hydrogen-bond donors (Lipinski definition) is 1. The van der Waals surface area contributed by atoms with Gasteiger partial charge < -0.3 is 5.32 Å². The first-order valence-corrected chi connectivity index (χ1v) is 5.97. The summed E-state index contributed by atoms with van der Waals surface area (Å²) < 4.78 is 1.78. The fourth-order valence-corrected chi connectivity index (χ4v) is 1.72. The highest BCUT2D eigenvalue weighted by Gasteiger charge is 2.07. The number of nitrogens with one attached hydrogen (secondary N) is 1. The molecule has 0 fully saturated rings. The van der Waals surface area contributed by atoms with E-state index >= 15 is 0 Å². The van der Waals surface area contributed by atoms with Crippen molar-refractivity contribution in [3.8, 4) is 0 Å². The molecule has 0 saturated heterocycles. The summed E-state index contributed by atoms with van der Waals surface area (Å²) in [7, 11) is 1.87. The molecule has 0 unspecified atom stereocenters. The predicted octanol–water partition coefficient (Wildman–Crippen LogP) is 2.31. The lowest BCUT2D eigenvalue weighted by molar-refractivity contribution is 0.0951. The summed E-state index contributed by atoms with van der Waals surface area (Å²) in [5.74, 6) is -0.116. The average Bonchev–Trinajstić information content (AvgIpc) is 2.68. The van der Waals surface area contributed by atoms with Crippen molar-refractivity contribution in [3.63, 3.8) is 0 Å². The molecule has 4 nitrogen and oxygen atoms in total. The Morgan fingerprint density at radius 1 is 1.39 bits per heavy atom. The summed E-state index contributed by atoms with van der Waals surface area (Å²) in [5.41, 5.74) is 2.66. The fourth-order valence-electron chi connectivity index (χ4n) is 1.60. The summed E-state index contributed by atoms with van der Waals surface area (Å²) in [4.78, 5) is 11.9. The standard InChI is InChI=1S/C13H14ClN3O/c1-9-11(8-16-17(9)2)7-15-13(18)10-3-5-12(14)6-4-10/h3-6,8H,7H2,1-2H3,(H,15,18). The molecule has 1 heterocycles. The maximum absolute atomic E-state index is 11.9. The maximum atomic E-state index is 11.9. The summed E-state index contributed by atoms with van der Waals surface area (Å²) >= 11 is 5.77. The van der Waals surface area contributed by atoms with Gasteiger partial charge in [0.2, 0.25) is 0 Å². The third-order valence-electron chi connectivity index (χ3n) is 2.88. The third kappa shape index (κ3) is 2.71. The molecular weight excluding hydrogens is 250 g/mol. The quantitative estimate of drug-likeness (QED) is 0.924. The molecule has 2 aromatic rings. The minimum atomic E-state index is -0.116. The van der Waals surface area contributed by atoms with Gasteiger partial charge in [-0.2, -0.15) is 5.10 Å². The number of aryl methyl sites for hydroxylation is 1. The van der Waals surface area contributed by atoms with Crippen molar-refractivity contribution in [2.75, 3.05) is 0 Å². The van der Waals surface area contributed by atoms with Crippen molar-refractivity contribution in [1.29, 1.82) is 0 Å². The molecule has 1 aromatic carbocycles. The summed E-state index contributed by atoms with van der Waals surface area (Å²) in [6.07, 6.45) is 1.76. The third-order valence-corrected chi connectivity index (χ3v) is 3.13. The topological polar surface area (TPSA) is 46.9 Å². The number of carbonyl (C=O) groups excluding carboxylic acids is 1. The molecule has 0 radical (unpaired) electrons. The van der Waals surface area contributed by atoms with Crippen LogP contribution in [0.3, 0.4) is 0 Å². The monoisotopic (exact) mass is 263 g/mol. The van der Waals surface area contributed by atoms with Gasteiger partial charge in [-0.3, -0.25) is 9.48 Å². The lowest BCUT2D eigenvalue weighted by atomic mass is 10.2. The molecule has 5 heteroatoms. The van der Waals surface area contributed by atoms with Crippen molar-refractivity contribution in [1.82, 2.24) is 15.1 Å².